The zero-order chi connectivity index (χ0) is 10.9. The molecule has 0 radical (unpaired) electrons. The second-order valence-corrected chi connectivity index (χ2v) is 4.56. The predicted molar refractivity (Wildman–Crippen MR) is 51.0 cm³/mol. The van der Waals surface area contributed by atoms with Crippen LogP contribution in [0.25, 0.3) is 0 Å². The topological polar surface area (TPSA) is 66.4 Å². The number of methoxy groups -OCH3 is 1. The summed E-state index contributed by atoms with van der Waals surface area (Å²) in [5.74, 6) is -0.189. The van der Waals surface area contributed by atoms with Gasteiger partial charge in [0.1, 0.15) is 10.1 Å². The van der Waals surface area contributed by atoms with E-state index >= 15 is 0 Å². The zero-order valence-electron chi connectivity index (χ0n) is 7.95. The van der Waals surface area contributed by atoms with Gasteiger partial charge in [0.15, 0.2) is 5.75 Å². The summed E-state index contributed by atoms with van der Waals surface area (Å²) in [6.45, 7) is 0. The predicted octanol–water partition coefficient (Wildman–Crippen LogP) is -1.09. The molecule has 0 atom stereocenters. The Hall–Kier alpha value is 0.510. The van der Waals surface area contributed by atoms with Crippen molar-refractivity contribution >= 4 is 33.3 Å². The average Bonchev–Trinajstić information content (AvgIpc) is 2.01. The number of ether oxygens (including phenoxy) is 1. The Bertz CT molecular complexity index is 460. The minimum Gasteiger partial charge on any atom is -0.744 e. The molecule has 15 heavy (non-hydrogen) atoms. The van der Waals surface area contributed by atoms with Gasteiger partial charge < -0.3 is 9.29 Å². The first-order chi connectivity index (χ1) is 6.36. The van der Waals surface area contributed by atoms with E-state index in [9.17, 15) is 13.0 Å². The first-order valence-corrected chi connectivity index (χ1v) is 5.51. The van der Waals surface area contributed by atoms with Crippen LogP contribution >= 0.6 is 23.2 Å². The van der Waals surface area contributed by atoms with Crippen LogP contribution in [0.4, 0.5) is 0 Å². The number of benzene rings is 1. The number of rotatable bonds is 2. The maximum atomic E-state index is 10.8. The Morgan fingerprint density at radius 3 is 2.27 bits per heavy atom. The molecule has 0 saturated carbocycles. The monoisotopic (exact) mass is 278 g/mol. The fourth-order valence-corrected chi connectivity index (χ4v) is 2.30. The van der Waals surface area contributed by atoms with Gasteiger partial charge in [-0.25, -0.2) is 8.42 Å². The summed E-state index contributed by atoms with van der Waals surface area (Å²) in [5, 5.41) is 0.0413. The maximum absolute atomic E-state index is 10.8. The van der Waals surface area contributed by atoms with Gasteiger partial charge in [0.2, 0.25) is 0 Å². The van der Waals surface area contributed by atoms with Crippen LogP contribution in [-0.4, -0.2) is 20.1 Å². The van der Waals surface area contributed by atoms with E-state index in [4.69, 9.17) is 23.2 Å². The second kappa shape index (κ2) is 5.72. The van der Waals surface area contributed by atoms with Crippen LogP contribution in [0.3, 0.4) is 0 Å². The Morgan fingerprint density at radius 2 is 1.87 bits per heavy atom. The molecule has 0 bridgehead atoms. The minimum atomic E-state index is -4.63. The molecule has 0 aliphatic carbocycles. The molecule has 0 saturated heterocycles. The molecule has 78 valence electrons. The first kappa shape index (κ1) is 15.5. The second-order valence-electron chi connectivity index (χ2n) is 2.37. The van der Waals surface area contributed by atoms with Gasteiger partial charge in [-0.2, -0.15) is 0 Å². The van der Waals surface area contributed by atoms with Gasteiger partial charge in [-0.15, -0.1) is 0 Å². The molecule has 0 aromatic heterocycles. The largest absolute Gasteiger partial charge is 1.00 e. The molecule has 1 aromatic carbocycles. The summed E-state index contributed by atoms with van der Waals surface area (Å²) < 4.78 is 37.0. The smallest absolute Gasteiger partial charge is 0.744 e. The SMILES string of the molecule is COc1c(Cl)cc(Cl)cc1S(=O)(=O)[O-].[Na+]. The molecule has 0 N–H and O–H groups in total. The Balaban J connectivity index is 0.00000196. The van der Waals surface area contributed by atoms with E-state index in [1.54, 1.807) is 0 Å². The fraction of sp³-hybridized carbons (Fsp3) is 0.143. The third-order valence-electron chi connectivity index (χ3n) is 1.45. The number of halogens is 2. The van der Waals surface area contributed by atoms with E-state index in [0.29, 0.717) is 0 Å². The standard InChI is InChI=1S/C7H6Cl2O4S.Na/c1-13-7-5(9)2-4(8)3-6(7)14(10,11)12;/h2-3H,1H3,(H,10,11,12);/q;+1/p-1. The molecule has 1 aromatic rings. The van der Waals surface area contributed by atoms with Gasteiger partial charge in [0.05, 0.1) is 17.0 Å². The quantitative estimate of drug-likeness (QED) is 0.509. The van der Waals surface area contributed by atoms with Gasteiger partial charge >= 0.3 is 29.6 Å². The third-order valence-corrected chi connectivity index (χ3v) is 2.79. The van der Waals surface area contributed by atoms with Crippen LogP contribution in [0, 0.1) is 0 Å². The summed E-state index contributed by atoms with van der Waals surface area (Å²) in [5.41, 5.74) is 0. The molecule has 0 aliphatic rings. The van der Waals surface area contributed by atoms with Crippen molar-refractivity contribution in [3.8, 4) is 5.75 Å². The Kier molecular flexibility index (Phi) is 5.92. The maximum Gasteiger partial charge on any atom is 1.00 e. The van der Waals surface area contributed by atoms with Crippen molar-refractivity contribution in [1.82, 2.24) is 0 Å². The van der Waals surface area contributed by atoms with Crippen molar-refractivity contribution in [3.63, 3.8) is 0 Å². The molecular formula is C7H5Cl2NaO4S. The summed E-state index contributed by atoms with van der Waals surface area (Å²) in [4.78, 5) is -0.558. The molecule has 0 aliphatic heterocycles. The van der Waals surface area contributed by atoms with Crippen molar-refractivity contribution in [2.75, 3.05) is 7.11 Å². The van der Waals surface area contributed by atoms with Crippen LogP contribution in [0.1, 0.15) is 0 Å². The van der Waals surface area contributed by atoms with Crippen molar-refractivity contribution in [1.29, 1.82) is 0 Å². The molecule has 4 nitrogen and oxygen atoms in total. The third kappa shape index (κ3) is 3.78. The van der Waals surface area contributed by atoms with Gasteiger partial charge in [0.25, 0.3) is 0 Å². The normalized spacial score (nSPS) is 10.7. The molecule has 8 heteroatoms. The Labute approximate surface area is 120 Å². The van der Waals surface area contributed by atoms with Gasteiger partial charge in [-0.05, 0) is 12.1 Å². The van der Waals surface area contributed by atoms with Gasteiger partial charge in [-0.1, -0.05) is 23.2 Å². The van der Waals surface area contributed by atoms with Crippen LogP contribution < -0.4 is 34.3 Å². The van der Waals surface area contributed by atoms with Crippen molar-refractivity contribution in [3.05, 3.63) is 22.2 Å². The number of hydrogen-bond donors (Lipinski definition) is 0. The van der Waals surface area contributed by atoms with Crippen LogP contribution in [0.5, 0.6) is 5.75 Å². The summed E-state index contributed by atoms with van der Waals surface area (Å²) in [6, 6.07) is 2.28. The van der Waals surface area contributed by atoms with Gasteiger partial charge in [0, 0.05) is 5.02 Å². The number of hydrogen-bond acceptors (Lipinski definition) is 4. The van der Waals surface area contributed by atoms with Crippen molar-refractivity contribution in [2.45, 2.75) is 4.90 Å². The van der Waals surface area contributed by atoms with Crippen LogP contribution in [0.15, 0.2) is 17.0 Å². The molecule has 1 rings (SSSR count). The van der Waals surface area contributed by atoms with Crippen molar-refractivity contribution in [2.24, 2.45) is 0 Å². The van der Waals surface area contributed by atoms with E-state index in [1.807, 2.05) is 0 Å². The van der Waals surface area contributed by atoms with E-state index < -0.39 is 15.0 Å². The molecule has 0 amide bonds. The van der Waals surface area contributed by atoms with Crippen LogP contribution in [-0.2, 0) is 10.1 Å². The minimum absolute atomic E-state index is 0. The van der Waals surface area contributed by atoms with E-state index in [2.05, 4.69) is 4.74 Å². The molecule has 0 unspecified atom stereocenters. The summed E-state index contributed by atoms with van der Waals surface area (Å²) in [7, 11) is -3.42. The molecule has 0 fully saturated rings. The Morgan fingerprint density at radius 1 is 1.33 bits per heavy atom. The van der Waals surface area contributed by atoms with E-state index in [1.165, 1.54) is 13.2 Å². The zero-order valence-corrected chi connectivity index (χ0v) is 12.3. The molecule has 0 heterocycles. The average molecular weight is 279 g/mol. The molecule has 0 spiro atoms. The van der Waals surface area contributed by atoms with Crippen LogP contribution in [0.2, 0.25) is 10.0 Å². The molecular weight excluding hydrogens is 274 g/mol. The first-order valence-electron chi connectivity index (χ1n) is 3.35. The van der Waals surface area contributed by atoms with Gasteiger partial charge in [-0.3, -0.25) is 0 Å². The van der Waals surface area contributed by atoms with E-state index in [-0.39, 0.29) is 45.4 Å². The summed E-state index contributed by atoms with van der Waals surface area (Å²) in [6.07, 6.45) is 0. The van der Waals surface area contributed by atoms with E-state index in [0.717, 1.165) is 6.07 Å². The fourth-order valence-electron chi connectivity index (χ4n) is 0.921. The van der Waals surface area contributed by atoms with Crippen molar-refractivity contribution < 1.29 is 47.3 Å². The summed E-state index contributed by atoms with van der Waals surface area (Å²) >= 11 is 11.2.